The molecule has 2 aliphatic carbocycles. The number of imidazole rings is 2. The van der Waals surface area contributed by atoms with Crippen molar-refractivity contribution >= 4 is 60.7 Å². The second-order valence-corrected chi connectivity index (χ2v) is 19.5. The molecule has 5 heterocycles. The van der Waals surface area contributed by atoms with Gasteiger partial charge in [0.2, 0.25) is 11.7 Å². The van der Waals surface area contributed by atoms with Crippen LogP contribution in [-0.4, -0.2) is 23.9 Å². The van der Waals surface area contributed by atoms with Crippen LogP contribution >= 0.6 is 0 Å². The van der Waals surface area contributed by atoms with Crippen molar-refractivity contribution in [2.75, 3.05) is 0 Å². The summed E-state index contributed by atoms with van der Waals surface area (Å²) >= 11 is 0. The third-order valence-corrected chi connectivity index (χ3v) is 13.8. The molecule has 10 aromatic rings. The van der Waals surface area contributed by atoms with Gasteiger partial charge in [-0.25, -0.2) is 4.98 Å². The SMILES string of the molecule is Cc1c[c-]c(-n2c3nc(Oc4[c-]c(-c5cc6c(cn5)CC(C5CC(C)(C)CC(C)(C)C5)C6)c5oc6ccc7ccccc7c6c5c4)ccc3n3c4ccccc4nc23)cc1C.[Pt+2]. The molecule has 1 atom stereocenters. The summed E-state index contributed by atoms with van der Waals surface area (Å²) in [7, 11) is 0. The first-order chi connectivity index (χ1) is 29.4. The molecule has 1 unspecified atom stereocenters. The Morgan fingerprint density at radius 3 is 2.40 bits per heavy atom. The van der Waals surface area contributed by atoms with E-state index in [0.29, 0.717) is 34.3 Å². The Labute approximate surface area is 375 Å². The van der Waals surface area contributed by atoms with Gasteiger partial charge in [0.1, 0.15) is 5.58 Å². The second kappa shape index (κ2) is 14.1. The van der Waals surface area contributed by atoms with Crippen LogP contribution in [-0.2, 0) is 33.9 Å². The molecule has 8 heteroatoms. The molecule has 0 amide bonds. The van der Waals surface area contributed by atoms with Crippen LogP contribution < -0.4 is 4.74 Å². The Kier molecular flexibility index (Phi) is 8.90. The maximum Gasteiger partial charge on any atom is 2.00 e. The minimum absolute atomic E-state index is 0. The first-order valence-corrected chi connectivity index (χ1v) is 21.7. The number of furan rings is 1. The molecule has 0 saturated heterocycles. The number of aryl methyl sites for hydroxylation is 2. The Hall–Kier alpha value is -5.78. The van der Waals surface area contributed by atoms with E-state index < -0.39 is 0 Å². The molecule has 62 heavy (non-hydrogen) atoms. The predicted octanol–water partition coefficient (Wildman–Crippen LogP) is 13.5. The van der Waals surface area contributed by atoms with Gasteiger partial charge in [0.05, 0.1) is 22.1 Å². The number of hydrogen-bond donors (Lipinski definition) is 0. The van der Waals surface area contributed by atoms with Crippen molar-refractivity contribution in [1.29, 1.82) is 0 Å². The molecular weight excluding hydrogens is 946 g/mol. The first kappa shape index (κ1) is 39.1. The summed E-state index contributed by atoms with van der Waals surface area (Å²) in [6.45, 7) is 14.1. The molecule has 0 N–H and O–H groups in total. The van der Waals surface area contributed by atoms with Gasteiger partial charge >= 0.3 is 21.1 Å². The number of aromatic nitrogens is 5. The van der Waals surface area contributed by atoms with Gasteiger partial charge in [-0.2, -0.15) is 28.2 Å². The molecule has 0 aliphatic heterocycles. The zero-order chi connectivity index (χ0) is 41.4. The second-order valence-electron chi connectivity index (χ2n) is 19.5. The van der Waals surface area contributed by atoms with Crippen molar-refractivity contribution in [2.24, 2.45) is 22.7 Å². The van der Waals surface area contributed by atoms with Gasteiger partial charge in [0, 0.05) is 23.4 Å². The van der Waals surface area contributed by atoms with E-state index in [-0.39, 0.29) is 21.1 Å². The summed E-state index contributed by atoms with van der Waals surface area (Å²) < 4.78 is 17.8. The zero-order valence-corrected chi connectivity index (χ0v) is 38.1. The average Bonchev–Trinajstić information content (AvgIpc) is 4.00. The number of hydrogen-bond acceptors (Lipinski definition) is 5. The van der Waals surface area contributed by atoms with E-state index in [1.807, 2.05) is 30.3 Å². The molecule has 1 fully saturated rings. The average molecular weight is 993 g/mol. The van der Waals surface area contributed by atoms with Crippen LogP contribution in [0.2, 0.25) is 0 Å². The molecule has 0 radical (unpaired) electrons. The van der Waals surface area contributed by atoms with Crippen LogP contribution in [0.15, 0.2) is 108 Å². The van der Waals surface area contributed by atoms with Gasteiger partial charge in [-0.3, -0.25) is 8.97 Å². The minimum Gasteiger partial charge on any atom is -0.501 e. The van der Waals surface area contributed by atoms with Crippen LogP contribution in [0, 0.1) is 48.6 Å². The first-order valence-electron chi connectivity index (χ1n) is 21.7. The van der Waals surface area contributed by atoms with E-state index in [9.17, 15) is 0 Å². The Morgan fingerprint density at radius 2 is 1.56 bits per heavy atom. The van der Waals surface area contributed by atoms with Crippen molar-refractivity contribution in [1.82, 2.24) is 23.9 Å². The van der Waals surface area contributed by atoms with Gasteiger partial charge in [0.25, 0.3) is 0 Å². The maximum atomic E-state index is 6.82. The monoisotopic (exact) mass is 992 g/mol. The fraction of sp³-hybridized carbons (Fsp3) is 0.278. The van der Waals surface area contributed by atoms with Gasteiger partial charge in [-0.1, -0.05) is 124 Å². The molecule has 7 nitrogen and oxygen atoms in total. The van der Waals surface area contributed by atoms with Crippen molar-refractivity contribution in [3.8, 4) is 28.6 Å². The summed E-state index contributed by atoms with van der Waals surface area (Å²) in [6, 6.07) is 40.6. The minimum atomic E-state index is 0. The number of rotatable bonds is 5. The Morgan fingerprint density at radius 1 is 0.774 bits per heavy atom. The van der Waals surface area contributed by atoms with E-state index in [4.69, 9.17) is 24.1 Å². The van der Waals surface area contributed by atoms with Crippen LogP contribution in [0.3, 0.4) is 0 Å². The smallest absolute Gasteiger partial charge is 0.501 e. The predicted molar refractivity (Wildman–Crippen MR) is 245 cm³/mol. The summed E-state index contributed by atoms with van der Waals surface area (Å²) in [6.07, 6.45) is 8.13. The van der Waals surface area contributed by atoms with Crippen LogP contribution in [0.5, 0.6) is 11.6 Å². The van der Waals surface area contributed by atoms with Crippen LogP contribution in [0.25, 0.3) is 77.6 Å². The number of ether oxygens (including phenoxy) is 1. The van der Waals surface area contributed by atoms with E-state index >= 15 is 0 Å². The van der Waals surface area contributed by atoms with Gasteiger partial charge in [-0.15, -0.1) is 6.07 Å². The molecule has 5 aromatic heterocycles. The van der Waals surface area contributed by atoms with E-state index in [2.05, 4.69) is 136 Å². The standard InChI is InChI=1S/C54H47N5O2.Pt/c1-31-15-17-38(21-32(31)2)58-51-46(59-45-14-10-9-13-43(45)56-52(58)59)18-20-48(57-51)60-39-25-41(50-42(26-39)49-40-12-8-7-11-33(40)16-19-47(49)61-50)44-24-35-22-34(23-36(35)29-55-44)37-27-53(3,4)30-54(5,6)28-37;/h7-16,18-21,24,26,29,34,37H,22-23,27-28,30H2,1-6H3;/q-2;+2. The number of fused-ring (bicyclic) bond motifs is 11. The summed E-state index contributed by atoms with van der Waals surface area (Å²) in [5.41, 5.74) is 13.5. The van der Waals surface area contributed by atoms with E-state index in [0.717, 1.165) is 90.5 Å². The molecule has 0 bridgehead atoms. The third-order valence-electron chi connectivity index (χ3n) is 13.8. The van der Waals surface area contributed by atoms with Gasteiger partial charge in [-0.05, 0) is 101 Å². The molecule has 2 aliphatic rings. The van der Waals surface area contributed by atoms with Crippen molar-refractivity contribution < 1.29 is 30.2 Å². The molecule has 1 saturated carbocycles. The number of benzene rings is 5. The quantitative estimate of drug-likeness (QED) is 0.161. The van der Waals surface area contributed by atoms with Gasteiger partial charge < -0.3 is 14.1 Å². The van der Waals surface area contributed by atoms with Crippen molar-refractivity contribution in [2.45, 2.75) is 73.6 Å². The summed E-state index contributed by atoms with van der Waals surface area (Å²) in [5, 5.41) is 4.29. The Bertz CT molecular complexity index is 3430. The van der Waals surface area contributed by atoms with E-state index in [1.165, 1.54) is 41.5 Å². The number of pyridine rings is 2. The van der Waals surface area contributed by atoms with Crippen LogP contribution in [0.4, 0.5) is 0 Å². The van der Waals surface area contributed by atoms with Crippen molar-refractivity contribution in [3.05, 3.63) is 138 Å². The fourth-order valence-corrected chi connectivity index (χ4v) is 11.5. The zero-order valence-electron chi connectivity index (χ0n) is 35.9. The normalized spacial score (nSPS) is 17.4. The van der Waals surface area contributed by atoms with Gasteiger partial charge in [0.15, 0.2) is 5.65 Å². The van der Waals surface area contributed by atoms with Crippen LogP contribution in [0.1, 0.15) is 69.2 Å². The van der Waals surface area contributed by atoms with E-state index in [1.54, 1.807) is 0 Å². The molecule has 12 rings (SSSR count). The van der Waals surface area contributed by atoms with Crippen molar-refractivity contribution in [3.63, 3.8) is 0 Å². The molecule has 0 spiro atoms. The molecule has 310 valence electrons. The summed E-state index contributed by atoms with van der Waals surface area (Å²) in [5.74, 6) is 3.10. The third kappa shape index (κ3) is 6.29. The molecular formula is C54H47N5O2Pt. The Balaban J connectivity index is 0.00000432. The fourth-order valence-electron chi connectivity index (χ4n) is 11.5. The number of nitrogens with zero attached hydrogens (tertiary/aromatic N) is 5. The molecule has 5 aromatic carbocycles. The largest absolute Gasteiger partial charge is 2.00 e. The topological polar surface area (TPSA) is 70.4 Å². The number of para-hydroxylation sites is 2. The summed E-state index contributed by atoms with van der Waals surface area (Å²) in [4.78, 5) is 15.5. The maximum absolute atomic E-state index is 6.82.